The Bertz CT molecular complexity index is 1260. The number of fused-ring (bicyclic) bond motifs is 1. The highest BCUT2D eigenvalue weighted by Crippen LogP contribution is 2.22. The lowest BCUT2D eigenvalue weighted by atomic mass is 10.1. The molecular weight excluding hydrogens is 373 g/mol. The summed E-state index contributed by atoms with van der Waals surface area (Å²) in [7, 11) is 0. The molecule has 6 nitrogen and oxygen atoms in total. The van der Waals surface area contributed by atoms with Crippen molar-refractivity contribution in [2.75, 3.05) is 0 Å². The normalized spacial score (nSPS) is 11.0. The van der Waals surface area contributed by atoms with Crippen LogP contribution in [0.15, 0.2) is 63.8 Å². The van der Waals surface area contributed by atoms with Gasteiger partial charge in [0.25, 0.3) is 5.56 Å². The number of hydrogen-bond acceptors (Lipinski definition) is 4. The number of benzene rings is 2. The van der Waals surface area contributed by atoms with Crippen LogP contribution in [0.1, 0.15) is 17.0 Å². The summed E-state index contributed by atoms with van der Waals surface area (Å²) in [4.78, 5) is 31.6. The number of H-pyrrole nitrogens is 1. The summed E-state index contributed by atoms with van der Waals surface area (Å²) in [6.45, 7) is 1.80. The average Bonchev–Trinajstić information content (AvgIpc) is 3.06. The first kappa shape index (κ1) is 18.6. The SMILES string of the molecule is Cc1oc(-c2cccc(F)c2)nc1CC(=O)NCc1cc2ccccc2[nH]c1=O. The van der Waals surface area contributed by atoms with Crippen LogP contribution in [0.25, 0.3) is 22.4 Å². The van der Waals surface area contributed by atoms with E-state index < -0.39 is 5.82 Å². The summed E-state index contributed by atoms with van der Waals surface area (Å²) in [6, 6.07) is 15.1. The molecule has 0 spiro atoms. The Morgan fingerprint density at radius 1 is 1.17 bits per heavy atom. The second-order valence-corrected chi connectivity index (χ2v) is 6.70. The maximum atomic E-state index is 13.4. The summed E-state index contributed by atoms with van der Waals surface area (Å²) in [5.41, 5.74) is 1.94. The van der Waals surface area contributed by atoms with E-state index in [9.17, 15) is 14.0 Å². The van der Waals surface area contributed by atoms with E-state index in [4.69, 9.17) is 4.42 Å². The van der Waals surface area contributed by atoms with Crippen LogP contribution in [-0.4, -0.2) is 15.9 Å². The number of aryl methyl sites for hydroxylation is 1. The van der Waals surface area contributed by atoms with Crippen LogP contribution >= 0.6 is 0 Å². The second kappa shape index (κ2) is 7.71. The van der Waals surface area contributed by atoms with Gasteiger partial charge in [0.1, 0.15) is 11.6 Å². The molecule has 0 atom stereocenters. The molecule has 0 fully saturated rings. The molecule has 4 aromatic rings. The number of hydrogen-bond donors (Lipinski definition) is 2. The van der Waals surface area contributed by atoms with Crippen LogP contribution in [0.5, 0.6) is 0 Å². The number of halogens is 1. The number of para-hydroxylation sites is 1. The van der Waals surface area contributed by atoms with E-state index in [-0.39, 0.29) is 30.3 Å². The number of oxazole rings is 1. The fourth-order valence-electron chi connectivity index (χ4n) is 3.07. The predicted molar refractivity (Wildman–Crippen MR) is 107 cm³/mol. The van der Waals surface area contributed by atoms with E-state index in [1.54, 1.807) is 25.1 Å². The molecule has 2 heterocycles. The lowest BCUT2D eigenvalue weighted by molar-refractivity contribution is -0.120. The van der Waals surface area contributed by atoms with E-state index in [2.05, 4.69) is 15.3 Å². The van der Waals surface area contributed by atoms with Gasteiger partial charge in [0.05, 0.1) is 12.1 Å². The number of aromatic nitrogens is 2. The molecule has 4 rings (SSSR count). The monoisotopic (exact) mass is 391 g/mol. The molecule has 0 unspecified atom stereocenters. The molecule has 0 aliphatic heterocycles. The molecule has 2 aromatic carbocycles. The Morgan fingerprint density at radius 3 is 2.83 bits per heavy atom. The van der Waals surface area contributed by atoms with Crippen molar-refractivity contribution in [1.82, 2.24) is 15.3 Å². The highest BCUT2D eigenvalue weighted by Gasteiger charge is 2.15. The van der Waals surface area contributed by atoms with Gasteiger partial charge in [0, 0.05) is 23.2 Å². The van der Waals surface area contributed by atoms with Crippen LogP contribution in [0.3, 0.4) is 0 Å². The van der Waals surface area contributed by atoms with Crippen molar-refractivity contribution >= 4 is 16.8 Å². The Kier molecular flexibility index (Phi) is 4.95. The van der Waals surface area contributed by atoms with Crippen LogP contribution in [0.4, 0.5) is 4.39 Å². The highest BCUT2D eigenvalue weighted by molar-refractivity contribution is 5.80. The Morgan fingerprint density at radius 2 is 2.00 bits per heavy atom. The third-order valence-electron chi connectivity index (χ3n) is 4.60. The van der Waals surface area contributed by atoms with Crippen molar-refractivity contribution in [1.29, 1.82) is 0 Å². The summed E-state index contributed by atoms with van der Waals surface area (Å²) in [6.07, 6.45) is -0.00383. The number of nitrogens with one attached hydrogen (secondary N) is 2. The van der Waals surface area contributed by atoms with Gasteiger partial charge >= 0.3 is 0 Å². The van der Waals surface area contributed by atoms with Crippen molar-refractivity contribution < 1.29 is 13.6 Å². The molecule has 146 valence electrons. The maximum absolute atomic E-state index is 13.4. The van der Waals surface area contributed by atoms with Gasteiger partial charge in [-0.2, -0.15) is 0 Å². The number of carbonyl (C=O) groups excluding carboxylic acids is 1. The number of nitrogens with zero attached hydrogens (tertiary/aromatic N) is 1. The Labute approximate surface area is 165 Å². The van der Waals surface area contributed by atoms with Gasteiger partial charge in [-0.25, -0.2) is 9.37 Å². The number of carbonyl (C=O) groups is 1. The first-order chi connectivity index (χ1) is 14.0. The molecule has 2 aromatic heterocycles. The van der Waals surface area contributed by atoms with Crippen molar-refractivity contribution in [3.8, 4) is 11.5 Å². The van der Waals surface area contributed by atoms with Crippen LogP contribution in [0.2, 0.25) is 0 Å². The van der Waals surface area contributed by atoms with Crippen LogP contribution in [0, 0.1) is 12.7 Å². The first-order valence-electron chi connectivity index (χ1n) is 9.09. The molecular formula is C22H18FN3O3. The van der Waals surface area contributed by atoms with Crippen molar-refractivity contribution in [3.05, 3.63) is 87.8 Å². The van der Waals surface area contributed by atoms with E-state index >= 15 is 0 Å². The standard InChI is InChI=1S/C22H18FN3O3/c1-13-19(26-22(29-13)15-6-4-7-17(23)10-15)11-20(27)24-12-16-9-14-5-2-3-8-18(14)25-21(16)28/h2-10H,11-12H2,1H3,(H,24,27)(H,25,28). The molecule has 0 saturated heterocycles. The first-order valence-corrected chi connectivity index (χ1v) is 9.09. The Hall–Kier alpha value is -3.74. The lowest BCUT2D eigenvalue weighted by Gasteiger charge is -2.05. The minimum Gasteiger partial charge on any atom is -0.441 e. The highest BCUT2D eigenvalue weighted by atomic mass is 19.1. The molecule has 0 aliphatic carbocycles. The van der Waals surface area contributed by atoms with Gasteiger partial charge in [-0.05, 0) is 42.6 Å². The van der Waals surface area contributed by atoms with Gasteiger partial charge < -0.3 is 14.7 Å². The minimum atomic E-state index is -0.391. The predicted octanol–water partition coefficient (Wildman–Crippen LogP) is 3.49. The van der Waals surface area contributed by atoms with Gasteiger partial charge in [-0.3, -0.25) is 9.59 Å². The molecule has 29 heavy (non-hydrogen) atoms. The minimum absolute atomic E-state index is 0.00383. The average molecular weight is 391 g/mol. The molecule has 7 heteroatoms. The van der Waals surface area contributed by atoms with Gasteiger partial charge in [-0.1, -0.05) is 24.3 Å². The third-order valence-corrected chi connectivity index (χ3v) is 4.60. The zero-order chi connectivity index (χ0) is 20.4. The third kappa shape index (κ3) is 4.08. The van der Waals surface area contributed by atoms with E-state index in [0.29, 0.717) is 22.6 Å². The fraction of sp³-hybridized carbons (Fsp3) is 0.136. The van der Waals surface area contributed by atoms with Gasteiger partial charge in [0.2, 0.25) is 11.8 Å². The van der Waals surface area contributed by atoms with Gasteiger partial charge in [0.15, 0.2) is 0 Å². The second-order valence-electron chi connectivity index (χ2n) is 6.70. The van der Waals surface area contributed by atoms with E-state index in [1.165, 1.54) is 12.1 Å². The summed E-state index contributed by atoms with van der Waals surface area (Å²) < 4.78 is 19.0. The van der Waals surface area contributed by atoms with E-state index in [0.717, 1.165) is 10.9 Å². The molecule has 2 N–H and O–H groups in total. The molecule has 0 radical (unpaired) electrons. The quantitative estimate of drug-likeness (QED) is 0.545. The summed E-state index contributed by atoms with van der Waals surface area (Å²) in [5, 5.41) is 3.63. The zero-order valence-corrected chi connectivity index (χ0v) is 15.7. The number of pyridine rings is 1. The number of aromatic amines is 1. The molecule has 0 saturated carbocycles. The fourth-order valence-corrected chi connectivity index (χ4v) is 3.07. The lowest BCUT2D eigenvalue weighted by Crippen LogP contribution is -2.28. The molecule has 0 bridgehead atoms. The number of rotatable bonds is 5. The van der Waals surface area contributed by atoms with Crippen molar-refractivity contribution in [2.24, 2.45) is 0 Å². The Balaban J connectivity index is 1.45. The smallest absolute Gasteiger partial charge is 0.253 e. The van der Waals surface area contributed by atoms with Crippen LogP contribution in [-0.2, 0) is 17.8 Å². The van der Waals surface area contributed by atoms with Gasteiger partial charge in [-0.15, -0.1) is 0 Å². The zero-order valence-electron chi connectivity index (χ0n) is 15.7. The summed E-state index contributed by atoms with van der Waals surface area (Å²) >= 11 is 0. The van der Waals surface area contributed by atoms with Crippen molar-refractivity contribution in [2.45, 2.75) is 19.9 Å². The largest absolute Gasteiger partial charge is 0.441 e. The topological polar surface area (TPSA) is 88.0 Å². The van der Waals surface area contributed by atoms with E-state index in [1.807, 2.05) is 24.3 Å². The van der Waals surface area contributed by atoms with Crippen LogP contribution < -0.4 is 10.9 Å². The molecule has 0 aliphatic rings. The van der Waals surface area contributed by atoms with Crippen molar-refractivity contribution in [3.63, 3.8) is 0 Å². The maximum Gasteiger partial charge on any atom is 0.253 e. The number of amides is 1. The molecule has 1 amide bonds. The summed E-state index contributed by atoms with van der Waals surface area (Å²) in [5.74, 6) is 0.0664.